The van der Waals surface area contributed by atoms with Gasteiger partial charge in [0.1, 0.15) is 5.76 Å². The van der Waals surface area contributed by atoms with Gasteiger partial charge in [0.15, 0.2) is 94.5 Å². The fraction of sp³-hybridized carbons (Fsp3) is 0.500. The standard InChI is InChI=1S/C14H19N5O2.C13H19N5O2.C13H19N5.C11H17N5O.C9H19N5.C7H15N5.C5H11N5/c1-9-7-17-13(15)19-14(18-9)16-5-4-10-2-3-11-12(6-10)21-8-20-11;1-8-7-16-12(14)18-13(17-8)15-5-4-9-2-3-10(19)11(20)6-9;1-10-9-16-12(14)18-13(17-10)15-8-7-11-5-3-2-4-6-11;1-8-7-14-10(12)16-11(15-8)13-5-4-9-3-2-6-17-9;1-3-4-5-11-9-13-7(2)6-12-8(10)14-9;1-5-4-9-6(8)11-7(10-5)12(2)3;1-3-2-8-4(6)10-5(7)9-3/h2-3,6,9H,4-5,7-8H2,1H3,(H4,15,16,17,18,19);2-3,6,8,19-20H,4-5,7H2,1H3,(H4,14,15,16,17,18);2-6,10H,7-9H2,1H3,(H4,14,15,16,17,18);2-3,6,8H,4-5,7H2,1H3,(H4,12,13,14,15,16);7H,3-6H2,1-2H3,(H4,10,11,12,13,14);5H,4H2,1-3H3,(H3,8,9,10,11);3H,2H2,1H3,(H5,6,7,8,9,10). The third kappa shape index (κ3) is 36.0. The van der Waals surface area contributed by atoms with E-state index in [-0.39, 0.29) is 47.8 Å². The van der Waals surface area contributed by atoms with Gasteiger partial charge in [-0.3, -0.25) is 86.8 Å². The first-order valence-electron chi connectivity index (χ1n) is 37.3. The predicted octanol–water partition coefficient (Wildman–Crippen LogP) is -1.49. The second-order valence-corrected chi connectivity index (χ2v) is 26.8. The summed E-state index contributed by atoms with van der Waals surface area (Å²) in [6.07, 6.45) is 7.04. The maximum absolute atomic E-state index is 9.41. The summed E-state index contributed by atoms with van der Waals surface area (Å²) in [4.78, 5) is 61.1. The number of benzene rings is 3. The lowest BCUT2D eigenvalue weighted by Gasteiger charge is -2.15. The van der Waals surface area contributed by atoms with Gasteiger partial charge in [0, 0.05) is 90.0 Å². The molecule has 4 aromatic rings. The van der Waals surface area contributed by atoms with Crippen LogP contribution in [0.3, 0.4) is 0 Å². The molecule has 0 aliphatic carbocycles. The van der Waals surface area contributed by atoms with Crippen molar-refractivity contribution in [3.63, 3.8) is 0 Å². The first-order valence-corrected chi connectivity index (χ1v) is 37.3. The van der Waals surface area contributed by atoms with Gasteiger partial charge in [0.05, 0.1) is 57.6 Å². The molecule has 7 unspecified atom stereocenters. The number of nitrogens with zero attached hydrogens (tertiary/aromatic N) is 15. The minimum absolute atomic E-state index is 0.119. The van der Waals surface area contributed by atoms with Gasteiger partial charge >= 0.3 is 0 Å². The molecular formula is C72H119N35O5. The van der Waals surface area contributed by atoms with Crippen molar-refractivity contribution in [3.05, 3.63) is 108 Å². The number of fused-ring (bicyclic) bond motifs is 1. The van der Waals surface area contributed by atoms with Crippen molar-refractivity contribution in [1.29, 1.82) is 0 Å². The molecule has 112 heavy (non-hydrogen) atoms. The summed E-state index contributed by atoms with van der Waals surface area (Å²) in [7, 11) is 3.83. The van der Waals surface area contributed by atoms with E-state index in [9.17, 15) is 10.2 Å². The zero-order chi connectivity index (χ0) is 81.2. The number of nitrogens with one attached hydrogen (secondary N) is 12. The number of nitrogens with two attached hydrogens (primary N) is 8. The maximum atomic E-state index is 9.41. The Morgan fingerprint density at radius 3 is 1.40 bits per heavy atom. The van der Waals surface area contributed by atoms with Gasteiger partial charge in [-0.15, -0.1) is 0 Å². The highest BCUT2D eigenvalue weighted by atomic mass is 16.7. The fourth-order valence-corrected chi connectivity index (χ4v) is 10.0. The molecule has 40 heteroatoms. The van der Waals surface area contributed by atoms with Crippen molar-refractivity contribution < 1.29 is 24.1 Å². The van der Waals surface area contributed by atoms with Crippen LogP contribution in [0.5, 0.6) is 23.0 Å². The molecule has 0 saturated carbocycles. The summed E-state index contributed by atoms with van der Waals surface area (Å²) < 4.78 is 15.9. The molecule has 3 aromatic carbocycles. The van der Waals surface area contributed by atoms with Crippen LogP contribution in [0, 0.1) is 0 Å². The average molecular weight is 1550 g/mol. The predicted molar refractivity (Wildman–Crippen MR) is 451 cm³/mol. The number of rotatable bonds is 15. The topological polar surface area (TPSA) is 601 Å². The normalized spacial score (nSPS) is 22.7. The van der Waals surface area contributed by atoms with E-state index < -0.39 is 0 Å². The minimum atomic E-state index is -0.120. The number of guanidine groups is 14. The van der Waals surface area contributed by atoms with E-state index in [0.717, 1.165) is 86.1 Å². The average Bonchev–Trinajstić information content (AvgIpc) is 1.65. The van der Waals surface area contributed by atoms with Crippen LogP contribution in [0.15, 0.2) is 159 Å². The Morgan fingerprint density at radius 2 is 0.902 bits per heavy atom. The van der Waals surface area contributed by atoms with E-state index >= 15 is 0 Å². The van der Waals surface area contributed by atoms with Crippen LogP contribution < -0.4 is 119 Å². The quantitative estimate of drug-likeness (QED) is 0.0476. The number of unbranched alkanes of at least 4 members (excludes halogenated alkanes) is 1. The molecule has 30 N–H and O–H groups in total. The zero-order valence-electron chi connectivity index (χ0n) is 66.0. The summed E-state index contributed by atoms with van der Waals surface area (Å²) in [6, 6.07) is 26.3. The van der Waals surface area contributed by atoms with Crippen LogP contribution >= 0.6 is 0 Å². The molecule has 0 amide bonds. The van der Waals surface area contributed by atoms with Gasteiger partial charge < -0.3 is 107 Å². The van der Waals surface area contributed by atoms with Gasteiger partial charge in [-0.2, -0.15) is 4.99 Å². The molecule has 1 aromatic heterocycles. The monoisotopic (exact) mass is 1550 g/mol. The largest absolute Gasteiger partial charge is 0.504 e. The summed E-state index contributed by atoms with van der Waals surface area (Å²) in [5, 5.41) is 55.0. The highest BCUT2D eigenvalue weighted by molar-refractivity contribution is 6.01. The van der Waals surface area contributed by atoms with Crippen molar-refractivity contribution in [3.8, 4) is 23.0 Å². The number of ether oxygens (including phenoxy) is 2. The third-order valence-corrected chi connectivity index (χ3v) is 15.8. The molecule has 40 nitrogen and oxygen atoms in total. The minimum Gasteiger partial charge on any atom is -0.504 e. The highest BCUT2D eigenvalue weighted by Gasteiger charge is 2.18. The number of furan rings is 1. The van der Waals surface area contributed by atoms with Crippen molar-refractivity contribution in [2.45, 2.75) is 136 Å². The Hall–Kier alpha value is -12.7. The lowest BCUT2D eigenvalue weighted by atomic mass is 10.1. The molecule has 9 heterocycles. The molecule has 0 radical (unpaired) electrons. The fourth-order valence-electron chi connectivity index (χ4n) is 10.0. The highest BCUT2D eigenvalue weighted by Crippen LogP contribution is 2.32. The van der Waals surface area contributed by atoms with E-state index in [1.54, 1.807) is 12.3 Å². The number of aliphatic imine (C=N–C) groups is 14. The second kappa shape index (κ2) is 48.0. The molecule has 8 aliphatic heterocycles. The Labute approximate surface area is 655 Å². The molecule has 0 bridgehead atoms. The van der Waals surface area contributed by atoms with Gasteiger partial charge in [-0.05, 0) is 127 Å². The van der Waals surface area contributed by atoms with Gasteiger partial charge in [0.2, 0.25) is 18.7 Å². The van der Waals surface area contributed by atoms with Crippen molar-refractivity contribution >= 4 is 83.4 Å². The van der Waals surface area contributed by atoms with Gasteiger partial charge in [0.25, 0.3) is 0 Å². The molecule has 0 saturated heterocycles. The van der Waals surface area contributed by atoms with Crippen LogP contribution in [-0.4, -0.2) is 240 Å². The Kier molecular flexibility index (Phi) is 37.8. The SMILES string of the molecule is CC1CN=C(N)NC(=NCCc2ccc(O)c(O)c2)N1.CC1CN=C(N)NC(=NCCc2ccc3c(c2)OCO3)N1.CC1CN=C(N)NC(=NCCc2ccccc2)N1.CC1CN=C(N)NC(=NCCc2ccco2)N1.CC1CN=C(N)NC(N(C)C)=N1.CC1CN=C(N)NC(N)=N1.CCCCN=C1N=C(N)NCC(C)N1. The van der Waals surface area contributed by atoms with E-state index in [1.807, 2.05) is 102 Å². The summed E-state index contributed by atoms with van der Waals surface area (Å²) >= 11 is 0. The number of phenolic OH excluding ortho intramolecular Hbond substituents is 2. The molecule has 612 valence electrons. The van der Waals surface area contributed by atoms with Crippen molar-refractivity contribution in [1.82, 2.24) is 68.7 Å². The van der Waals surface area contributed by atoms with Gasteiger partial charge in [-0.25, -0.2) is 9.98 Å². The molecular weight excluding hydrogens is 1440 g/mol. The van der Waals surface area contributed by atoms with Crippen LogP contribution in [0.2, 0.25) is 0 Å². The molecule has 0 fully saturated rings. The number of hydrogen-bond acceptors (Lipinski definition) is 30. The third-order valence-electron chi connectivity index (χ3n) is 15.8. The van der Waals surface area contributed by atoms with Crippen LogP contribution in [-0.2, 0) is 25.7 Å². The number of aromatic hydroxyl groups is 2. The molecule has 0 spiro atoms. The lowest BCUT2D eigenvalue weighted by Crippen LogP contribution is -2.45. The Morgan fingerprint density at radius 1 is 0.438 bits per heavy atom. The Balaban J connectivity index is 0.000000206. The lowest BCUT2D eigenvalue weighted by molar-refractivity contribution is 0.174. The molecule has 7 atom stereocenters. The summed E-state index contributed by atoms with van der Waals surface area (Å²) in [5.41, 5.74) is 48.0. The van der Waals surface area contributed by atoms with Crippen LogP contribution in [0.1, 0.15) is 90.7 Å². The smallest absolute Gasteiger partial charge is 0.231 e. The van der Waals surface area contributed by atoms with E-state index in [0.29, 0.717) is 156 Å². The molecule has 8 aliphatic rings. The molecule has 12 rings (SSSR count). The maximum Gasteiger partial charge on any atom is 0.231 e. The summed E-state index contributed by atoms with van der Waals surface area (Å²) in [5.74, 6) is 9.47. The van der Waals surface area contributed by atoms with Gasteiger partial charge in [-0.1, -0.05) is 55.8 Å². The zero-order valence-corrected chi connectivity index (χ0v) is 66.0. The van der Waals surface area contributed by atoms with E-state index in [1.165, 1.54) is 17.7 Å². The van der Waals surface area contributed by atoms with Crippen LogP contribution in [0.25, 0.3) is 0 Å². The van der Waals surface area contributed by atoms with E-state index in [4.69, 9.17) is 59.8 Å². The number of phenols is 2. The second-order valence-electron chi connectivity index (χ2n) is 26.8. The Bertz CT molecular complexity index is 4000. The first kappa shape index (κ1) is 88.2. The number of hydrogen-bond donors (Lipinski definition) is 22. The van der Waals surface area contributed by atoms with Crippen LogP contribution in [0.4, 0.5) is 0 Å². The first-order chi connectivity index (χ1) is 53.7. The summed E-state index contributed by atoms with van der Waals surface area (Å²) in [6.45, 7) is 24.5. The van der Waals surface area contributed by atoms with Crippen molar-refractivity contribution in [2.24, 2.45) is 116 Å². The van der Waals surface area contributed by atoms with Crippen molar-refractivity contribution in [2.75, 3.05) is 99.4 Å². The van der Waals surface area contributed by atoms with E-state index in [2.05, 4.69) is 167 Å².